The molecule has 21 heavy (non-hydrogen) atoms. The number of hydrogen-bond acceptors (Lipinski definition) is 3. The Balaban J connectivity index is 2.16. The topological polar surface area (TPSA) is 44.5 Å². The van der Waals surface area contributed by atoms with Crippen LogP contribution in [0, 0.1) is 12.7 Å². The zero-order valence-corrected chi connectivity index (χ0v) is 12.7. The Morgan fingerprint density at radius 3 is 2.52 bits per heavy atom. The van der Waals surface area contributed by atoms with Gasteiger partial charge in [0, 0.05) is 0 Å². The van der Waals surface area contributed by atoms with Gasteiger partial charge in [0.25, 0.3) is 0 Å². The molecule has 0 spiro atoms. The predicted octanol–water partition coefficient (Wildman–Crippen LogP) is 3.36. The lowest BCUT2D eigenvalue weighted by Gasteiger charge is -2.12. The molecule has 3 nitrogen and oxygen atoms in total. The molecule has 5 heteroatoms. The first kappa shape index (κ1) is 15.3. The minimum Gasteiger partial charge on any atom is -0.496 e. The summed E-state index contributed by atoms with van der Waals surface area (Å²) >= 11 is 5.00. The highest BCUT2D eigenvalue weighted by atomic mass is 32.1. The molecule has 2 aromatic rings. The number of thiocarbonyl (C=S) groups is 1. The molecule has 0 saturated heterocycles. The molecular formula is C16H16FNO2S. The Morgan fingerprint density at radius 2 is 1.90 bits per heavy atom. The number of hydrogen-bond donors (Lipinski definition) is 1. The number of ether oxygens (including phenoxy) is 2. The average molecular weight is 305 g/mol. The Hall–Kier alpha value is -2.14. The highest BCUT2D eigenvalue weighted by Gasteiger charge is 2.08. The Morgan fingerprint density at radius 1 is 1.19 bits per heavy atom. The van der Waals surface area contributed by atoms with E-state index in [4.69, 9.17) is 27.4 Å². The summed E-state index contributed by atoms with van der Waals surface area (Å²) in [6.45, 7) is 2.14. The van der Waals surface area contributed by atoms with Crippen LogP contribution in [0.5, 0.6) is 11.5 Å². The van der Waals surface area contributed by atoms with E-state index in [1.807, 2.05) is 12.1 Å². The number of halogens is 1. The van der Waals surface area contributed by atoms with E-state index in [2.05, 4.69) is 0 Å². The molecule has 2 rings (SSSR count). The average Bonchev–Trinajstić information content (AvgIpc) is 2.46. The fourth-order valence-corrected chi connectivity index (χ4v) is 2.13. The van der Waals surface area contributed by atoms with Crippen LogP contribution >= 0.6 is 12.2 Å². The van der Waals surface area contributed by atoms with Gasteiger partial charge in [0.2, 0.25) is 0 Å². The van der Waals surface area contributed by atoms with Crippen LogP contribution in [0.1, 0.15) is 16.7 Å². The molecule has 0 fully saturated rings. The second-order valence-electron chi connectivity index (χ2n) is 4.60. The van der Waals surface area contributed by atoms with Gasteiger partial charge in [-0.2, -0.15) is 0 Å². The number of rotatable bonds is 5. The molecule has 0 aliphatic heterocycles. The van der Waals surface area contributed by atoms with Crippen LogP contribution in [0.25, 0.3) is 0 Å². The third kappa shape index (κ3) is 3.70. The van der Waals surface area contributed by atoms with Crippen LogP contribution in [0.15, 0.2) is 36.4 Å². The van der Waals surface area contributed by atoms with Crippen molar-refractivity contribution in [1.29, 1.82) is 0 Å². The highest BCUT2D eigenvalue weighted by molar-refractivity contribution is 7.80. The van der Waals surface area contributed by atoms with Crippen molar-refractivity contribution < 1.29 is 13.9 Å². The van der Waals surface area contributed by atoms with Crippen LogP contribution in [-0.4, -0.2) is 12.1 Å². The summed E-state index contributed by atoms with van der Waals surface area (Å²) in [5.41, 5.74) is 8.00. The summed E-state index contributed by atoms with van der Waals surface area (Å²) in [6, 6.07) is 9.92. The van der Waals surface area contributed by atoms with Crippen LogP contribution in [-0.2, 0) is 6.61 Å². The van der Waals surface area contributed by atoms with Gasteiger partial charge in [-0.15, -0.1) is 0 Å². The van der Waals surface area contributed by atoms with Gasteiger partial charge in [0.05, 0.1) is 12.7 Å². The van der Waals surface area contributed by atoms with E-state index in [0.29, 0.717) is 23.7 Å². The molecule has 0 heterocycles. The van der Waals surface area contributed by atoms with Gasteiger partial charge in [0.15, 0.2) is 0 Å². The molecule has 0 bridgehead atoms. The largest absolute Gasteiger partial charge is 0.496 e. The molecule has 0 unspecified atom stereocenters. The number of methoxy groups -OCH3 is 1. The molecule has 0 aromatic heterocycles. The van der Waals surface area contributed by atoms with E-state index >= 15 is 0 Å². The van der Waals surface area contributed by atoms with Gasteiger partial charge < -0.3 is 15.2 Å². The molecule has 2 aromatic carbocycles. The van der Waals surface area contributed by atoms with Crippen molar-refractivity contribution in [3.8, 4) is 11.5 Å². The molecule has 110 valence electrons. The van der Waals surface area contributed by atoms with Crippen LogP contribution in [0.3, 0.4) is 0 Å². The van der Waals surface area contributed by atoms with Gasteiger partial charge in [-0.05, 0) is 48.4 Å². The van der Waals surface area contributed by atoms with E-state index in [0.717, 1.165) is 11.1 Å². The molecule has 0 aliphatic rings. The lowest BCUT2D eigenvalue weighted by atomic mass is 10.1. The summed E-state index contributed by atoms with van der Waals surface area (Å²) in [6.07, 6.45) is 0. The second kappa shape index (κ2) is 6.54. The highest BCUT2D eigenvalue weighted by Crippen LogP contribution is 2.23. The number of aryl methyl sites for hydroxylation is 1. The van der Waals surface area contributed by atoms with Crippen molar-refractivity contribution >= 4 is 17.2 Å². The number of benzene rings is 2. The van der Waals surface area contributed by atoms with Crippen molar-refractivity contribution in [2.75, 3.05) is 7.11 Å². The normalized spacial score (nSPS) is 10.2. The maximum absolute atomic E-state index is 13.0. The number of nitrogens with two attached hydrogens (primary N) is 1. The summed E-state index contributed by atoms with van der Waals surface area (Å²) in [5, 5.41) is 0. The monoisotopic (exact) mass is 305 g/mol. The third-order valence-corrected chi connectivity index (χ3v) is 3.28. The van der Waals surface area contributed by atoms with Crippen molar-refractivity contribution in [1.82, 2.24) is 0 Å². The van der Waals surface area contributed by atoms with Crippen molar-refractivity contribution in [3.05, 3.63) is 58.9 Å². The minimum absolute atomic E-state index is 0.270. The molecule has 0 radical (unpaired) electrons. The quantitative estimate of drug-likeness (QED) is 0.860. The Bertz CT molecular complexity index is 673. The van der Waals surface area contributed by atoms with Gasteiger partial charge in [-0.3, -0.25) is 0 Å². The first-order valence-corrected chi connectivity index (χ1v) is 6.77. The fraction of sp³-hybridized carbons (Fsp3) is 0.188. The minimum atomic E-state index is -0.278. The third-order valence-electron chi connectivity index (χ3n) is 3.06. The fourth-order valence-electron chi connectivity index (χ4n) is 1.97. The molecule has 0 atom stereocenters. The summed E-state index contributed by atoms with van der Waals surface area (Å²) in [5.74, 6) is 0.994. The molecule has 0 aliphatic carbocycles. The molecule has 0 amide bonds. The van der Waals surface area contributed by atoms with Gasteiger partial charge in [-0.1, -0.05) is 18.3 Å². The second-order valence-corrected chi connectivity index (χ2v) is 5.04. The Labute approximate surface area is 128 Å². The van der Waals surface area contributed by atoms with Crippen molar-refractivity contribution in [2.24, 2.45) is 5.73 Å². The smallest absolute Gasteiger partial charge is 0.129 e. The van der Waals surface area contributed by atoms with E-state index in [-0.39, 0.29) is 10.8 Å². The molecular weight excluding hydrogens is 289 g/mol. The SMILES string of the molecule is COc1ccc(COc2ccc(F)cc2C)cc1C(N)=S. The van der Waals surface area contributed by atoms with Crippen LogP contribution in [0.2, 0.25) is 0 Å². The van der Waals surface area contributed by atoms with E-state index in [1.54, 1.807) is 26.2 Å². The van der Waals surface area contributed by atoms with Crippen LogP contribution < -0.4 is 15.2 Å². The summed E-state index contributed by atoms with van der Waals surface area (Å²) in [7, 11) is 1.56. The summed E-state index contributed by atoms with van der Waals surface area (Å²) < 4.78 is 23.9. The Kier molecular flexibility index (Phi) is 4.75. The van der Waals surface area contributed by atoms with Gasteiger partial charge in [-0.25, -0.2) is 4.39 Å². The van der Waals surface area contributed by atoms with Gasteiger partial charge >= 0.3 is 0 Å². The van der Waals surface area contributed by atoms with E-state index in [9.17, 15) is 4.39 Å². The maximum Gasteiger partial charge on any atom is 0.129 e. The first-order chi connectivity index (χ1) is 10.0. The zero-order chi connectivity index (χ0) is 15.4. The van der Waals surface area contributed by atoms with E-state index < -0.39 is 0 Å². The van der Waals surface area contributed by atoms with Crippen molar-refractivity contribution in [2.45, 2.75) is 13.5 Å². The lowest BCUT2D eigenvalue weighted by molar-refractivity contribution is 0.303. The summed E-state index contributed by atoms with van der Waals surface area (Å²) in [4.78, 5) is 0.270. The molecule has 2 N–H and O–H groups in total. The standard InChI is InChI=1S/C16H16FNO2S/c1-10-7-12(17)4-6-14(10)20-9-11-3-5-15(19-2)13(8-11)16(18)21/h3-8H,9H2,1-2H3,(H2,18,21). The first-order valence-electron chi connectivity index (χ1n) is 6.37. The predicted molar refractivity (Wildman–Crippen MR) is 84.4 cm³/mol. The van der Waals surface area contributed by atoms with E-state index in [1.165, 1.54) is 12.1 Å². The van der Waals surface area contributed by atoms with Gasteiger partial charge in [0.1, 0.15) is 28.9 Å². The maximum atomic E-state index is 13.0. The lowest BCUT2D eigenvalue weighted by Crippen LogP contribution is -2.12. The van der Waals surface area contributed by atoms with Crippen molar-refractivity contribution in [3.63, 3.8) is 0 Å². The van der Waals surface area contributed by atoms with Crippen LogP contribution in [0.4, 0.5) is 4.39 Å². The molecule has 0 saturated carbocycles. The zero-order valence-electron chi connectivity index (χ0n) is 11.9.